The van der Waals surface area contributed by atoms with Gasteiger partial charge in [0.05, 0.1) is 33.4 Å². The Kier molecular flexibility index (Phi) is 13.8. The Morgan fingerprint density at radius 3 is 2.46 bits per heavy atom. The number of hydrogen-bond acceptors (Lipinski definition) is 10. The Hall–Kier alpha value is -7.20. The third-order valence-corrected chi connectivity index (χ3v) is 16.3. The number of likely N-dealkylation sites (tertiary alicyclic amines) is 1. The molecule has 0 saturated carbocycles. The summed E-state index contributed by atoms with van der Waals surface area (Å²) in [6, 6.07) is 22.1. The number of rotatable bonds is 15. The summed E-state index contributed by atoms with van der Waals surface area (Å²) in [6.07, 6.45) is 0.558. The fourth-order valence-electron chi connectivity index (χ4n) is 10.1. The highest BCUT2D eigenvalue weighted by Gasteiger charge is 2.46. The number of alkyl halides is 1. The molecule has 2 fully saturated rings. The maximum Gasteiger partial charge on any atom is 0.301 e. The van der Waals surface area contributed by atoms with Gasteiger partial charge in [-0.3, -0.25) is 23.9 Å². The van der Waals surface area contributed by atoms with Gasteiger partial charge in [-0.05, 0) is 65.8 Å². The third-order valence-electron chi connectivity index (χ3n) is 13.9. The molecule has 7 aromatic rings. The van der Waals surface area contributed by atoms with E-state index in [0.29, 0.717) is 16.7 Å². The Bertz CT molecular complexity index is 3480. The lowest BCUT2D eigenvalue weighted by Crippen LogP contribution is -2.55. The molecule has 4 atom stereocenters. The molecule has 0 aliphatic carbocycles. The molecule has 10 rings (SSSR count). The third kappa shape index (κ3) is 9.71. The second-order valence-electron chi connectivity index (χ2n) is 19.1. The van der Waals surface area contributed by atoms with E-state index >= 15 is 8.78 Å². The first-order chi connectivity index (χ1) is 35.4. The minimum Gasteiger partial charge on any atom is -0.391 e. The number of anilines is 1. The van der Waals surface area contributed by atoms with E-state index in [1.165, 1.54) is 22.4 Å². The van der Waals surface area contributed by atoms with E-state index in [0.717, 1.165) is 54.6 Å². The molecule has 6 heterocycles. The van der Waals surface area contributed by atoms with Gasteiger partial charge in [0.2, 0.25) is 17.6 Å². The number of aromatic nitrogens is 3. The lowest BCUT2D eigenvalue weighted by atomic mass is 9.62. The number of ketones is 1. The molecular weight excluding hydrogens is 993 g/mol. The van der Waals surface area contributed by atoms with Crippen LogP contribution in [0.15, 0.2) is 103 Å². The summed E-state index contributed by atoms with van der Waals surface area (Å²) in [5.74, 6) is -5.05. The first-order valence-corrected chi connectivity index (χ1v) is 26.3. The predicted molar refractivity (Wildman–Crippen MR) is 275 cm³/mol. The van der Waals surface area contributed by atoms with Gasteiger partial charge in [0.15, 0.2) is 13.1 Å². The van der Waals surface area contributed by atoms with Gasteiger partial charge in [0.1, 0.15) is 29.7 Å². The van der Waals surface area contributed by atoms with Crippen LogP contribution in [0.4, 0.5) is 18.9 Å². The Balaban J connectivity index is 0.868. The average molecular weight is 1040 g/mol. The number of aliphatic hydroxyl groups excluding tert-OH is 1. The second kappa shape index (κ2) is 20.3. The zero-order chi connectivity index (χ0) is 52.2. The average Bonchev–Trinajstić information content (AvgIpc) is 4.24. The van der Waals surface area contributed by atoms with Crippen LogP contribution in [0, 0.1) is 24.5 Å². The van der Waals surface area contributed by atoms with E-state index in [1.54, 1.807) is 34.8 Å². The van der Waals surface area contributed by atoms with Crippen molar-refractivity contribution in [1.82, 2.24) is 34.4 Å². The van der Waals surface area contributed by atoms with Gasteiger partial charge in [-0.1, -0.05) is 85.4 Å². The predicted octanol–water partition coefficient (Wildman–Crippen LogP) is 5.79. The molecule has 379 valence electrons. The highest BCUT2D eigenvalue weighted by atomic mass is 32.2. The standard InChI is InChI=1S/C53H49BF3N8O7S2/c1-28(2)47(65-24-33-6-4-5-7-38(33)52(65)69)53(70)64-26-37(66)20-44(64)51(68)60-21-32-9-8-31(49-29(3)61-27-73-49)19-41(32)54-35-12-10-30(11-13-35)34-18-39-40(23-59-50(39)58-22-34)48(67)45-42(56)14-15-43(46(45)57)62-74(71,72)63-17-16-36(55)25-63/h4-15,18-19,22-23,27-28,36-37,44,47,62,66H,16-17,20-21,24-26H2,1-3H3,(H,58,59)(H,60,68)/t36-,37-,44+,47+/m1/s1. The van der Waals surface area contributed by atoms with E-state index in [-0.39, 0.29) is 67.4 Å². The van der Waals surface area contributed by atoms with Crippen molar-refractivity contribution in [2.75, 3.05) is 24.4 Å². The van der Waals surface area contributed by atoms with Crippen LogP contribution in [0.3, 0.4) is 0 Å². The number of nitrogens with one attached hydrogen (secondary N) is 3. The number of pyridine rings is 1. The number of hydrogen-bond donors (Lipinski definition) is 4. The van der Waals surface area contributed by atoms with E-state index in [4.69, 9.17) is 0 Å². The number of aliphatic hydroxyl groups is 1. The summed E-state index contributed by atoms with van der Waals surface area (Å²) in [7, 11) is -2.44. The number of benzene rings is 4. The number of carbonyl (C=O) groups is 4. The Labute approximate surface area is 429 Å². The van der Waals surface area contributed by atoms with Gasteiger partial charge in [-0.2, -0.15) is 12.7 Å². The fraction of sp³-hybridized carbons (Fsp3) is 0.283. The van der Waals surface area contributed by atoms with Crippen LogP contribution in [-0.4, -0.2) is 117 Å². The SMILES string of the molecule is Cc1ncsc1-c1ccc(CNC(=O)[C@@H]2C[C@@H](O)CN2C(=O)[C@H](C(C)C)N2Cc3ccccc3C2=O)c([B]c2ccc(-c3cnc4[nH]cc(C(=O)c5c(F)ccc(NS(=O)(=O)N6CC[C@@H](F)C6)c5F)c4c3)cc2)c1. The zero-order valence-electron chi connectivity index (χ0n) is 40.3. The summed E-state index contributed by atoms with van der Waals surface area (Å²) >= 11 is 1.50. The fourth-order valence-corrected chi connectivity index (χ4v) is 12.1. The molecule has 74 heavy (non-hydrogen) atoms. The van der Waals surface area contributed by atoms with Crippen LogP contribution >= 0.6 is 11.3 Å². The molecule has 15 nitrogen and oxygen atoms in total. The smallest absolute Gasteiger partial charge is 0.301 e. The van der Waals surface area contributed by atoms with Crippen molar-refractivity contribution in [3.05, 3.63) is 148 Å². The molecule has 3 aliphatic heterocycles. The summed E-state index contributed by atoms with van der Waals surface area (Å²) in [5, 5.41) is 14.1. The first-order valence-electron chi connectivity index (χ1n) is 24.0. The summed E-state index contributed by atoms with van der Waals surface area (Å²) in [5.41, 5.74) is 7.03. The van der Waals surface area contributed by atoms with Crippen LogP contribution in [0.2, 0.25) is 0 Å². The van der Waals surface area contributed by atoms with E-state index in [2.05, 4.69) is 20.3 Å². The van der Waals surface area contributed by atoms with Crippen LogP contribution in [0.5, 0.6) is 0 Å². The van der Waals surface area contributed by atoms with Crippen molar-refractivity contribution in [3.63, 3.8) is 0 Å². The largest absolute Gasteiger partial charge is 0.391 e. The normalized spacial score (nSPS) is 18.3. The molecule has 3 aliphatic rings. The van der Waals surface area contributed by atoms with Crippen molar-refractivity contribution >= 4 is 80.0 Å². The van der Waals surface area contributed by atoms with E-state index in [1.807, 2.05) is 87.4 Å². The molecule has 0 spiro atoms. The number of β-amino-alcohol motifs (C(OH)–C–C–N with tert-alkyl or cyclic N) is 1. The molecule has 4 aromatic carbocycles. The zero-order valence-corrected chi connectivity index (χ0v) is 41.9. The summed E-state index contributed by atoms with van der Waals surface area (Å²) < 4.78 is 73.6. The van der Waals surface area contributed by atoms with E-state index in [9.17, 15) is 37.1 Å². The Morgan fingerprint density at radius 1 is 0.973 bits per heavy atom. The number of nitrogens with zero attached hydrogens (tertiary/aromatic N) is 5. The van der Waals surface area contributed by atoms with Crippen molar-refractivity contribution < 1.29 is 45.9 Å². The number of halogens is 3. The molecule has 0 bridgehead atoms. The van der Waals surface area contributed by atoms with Gasteiger partial charge in [-0.15, -0.1) is 11.3 Å². The molecular formula is C53H49BF3N8O7S2. The minimum absolute atomic E-state index is 0.0230. The monoisotopic (exact) mass is 1040 g/mol. The van der Waals surface area contributed by atoms with Gasteiger partial charge in [0.25, 0.3) is 5.91 Å². The van der Waals surface area contributed by atoms with Gasteiger partial charge in [0, 0.05) is 73.6 Å². The molecule has 3 amide bonds. The number of thiazole rings is 1. The summed E-state index contributed by atoms with van der Waals surface area (Å²) in [4.78, 5) is 71.6. The highest BCUT2D eigenvalue weighted by molar-refractivity contribution is 7.90. The van der Waals surface area contributed by atoms with Crippen LogP contribution < -0.4 is 21.0 Å². The van der Waals surface area contributed by atoms with E-state index < -0.39 is 81.6 Å². The topological polar surface area (TPSA) is 198 Å². The lowest BCUT2D eigenvalue weighted by molar-refractivity contribution is -0.143. The quantitative estimate of drug-likeness (QED) is 0.0726. The second-order valence-corrected chi connectivity index (χ2v) is 21.7. The van der Waals surface area contributed by atoms with Gasteiger partial charge >= 0.3 is 10.2 Å². The molecule has 0 unspecified atom stereocenters. The minimum atomic E-state index is -4.41. The van der Waals surface area contributed by atoms with Crippen molar-refractivity contribution in [2.45, 2.75) is 71.1 Å². The molecule has 1 radical (unpaired) electrons. The molecule has 3 aromatic heterocycles. The van der Waals surface area contributed by atoms with Gasteiger partial charge in [-0.25, -0.2) is 23.1 Å². The first kappa shape index (κ1) is 50.3. The number of amides is 3. The maximum atomic E-state index is 15.9. The number of H-pyrrole nitrogens is 1. The summed E-state index contributed by atoms with van der Waals surface area (Å²) in [6.45, 7) is 5.42. The molecule has 4 N–H and O–H groups in total. The van der Waals surface area contributed by atoms with Crippen LogP contribution in [-0.2, 0) is 32.9 Å². The number of fused-ring (bicyclic) bond motifs is 2. The van der Waals surface area contributed by atoms with Crippen molar-refractivity contribution in [1.29, 1.82) is 0 Å². The van der Waals surface area contributed by atoms with Crippen molar-refractivity contribution in [3.8, 4) is 21.6 Å². The van der Waals surface area contributed by atoms with Gasteiger partial charge < -0.3 is 25.2 Å². The Morgan fingerprint density at radius 2 is 1.74 bits per heavy atom. The number of carbonyl (C=O) groups excluding carboxylic acids is 4. The van der Waals surface area contributed by atoms with Crippen LogP contribution in [0.25, 0.3) is 32.6 Å². The maximum absolute atomic E-state index is 15.9. The van der Waals surface area contributed by atoms with Crippen molar-refractivity contribution in [2.24, 2.45) is 5.92 Å². The number of aromatic amines is 1. The number of aryl methyl sites for hydroxylation is 1. The molecule has 2 saturated heterocycles. The molecule has 21 heteroatoms. The lowest BCUT2D eigenvalue weighted by Gasteiger charge is -2.35. The van der Waals surface area contributed by atoms with Crippen LogP contribution in [0.1, 0.15) is 69.8 Å². The highest BCUT2D eigenvalue weighted by Crippen LogP contribution is 2.33.